The van der Waals surface area contributed by atoms with Crippen LogP contribution in [0.4, 0.5) is 26.9 Å². The summed E-state index contributed by atoms with van der Waals surface area (Å²) >= 11 is 1.17. The van der Waals surface area contributed by atoms with E-state index in [1.54, 1.807) is 48.5 Å². The van der Waals surface area contributed by atoms with Crippen LogP contribution in [0.25, 0.3) is 0 Å². The van der Waals surface area contributed by atoms with Crippen LogP contribution in [0.1, 0.15) is 22.5 Å². The molecular weight excluding hydrogens is 400 g/mol. The van der Waals surface area contributed by atoms with Crippen LogP contribution in [0.2, 0.25) is 0 Å². The first kappa shape index (κ1) is 19.7. The molecule has 2 aromatic carbocycles. The first-order valence-electron chi connectivity index (χ1n) is 9.52. The molecule has 3 aromatic rings. The van der Waals surface area contributed by atoms with Crippen molar-refractivity contribution in [2.24, 2.45) is 5.92 Å². The molecule has 0 aliphatic heterocycles. The van der Waals surface area contributed by atoms with Gasteiger partial charge in [0.15, 0.2) is 0 Å². The lowest BCUT2D eigenvalue weighted by Crippen LogP contribution is -2.18. The van der Waals surface area contributed by atoms with Crippen molar-refractivity contribution in [1.29, 1.82) is 0 Å². The molecule has 30 heavy (non-hydrogen) atoms. The molecular formula is C22H20N4O3S. The molecule has 0 unspecified atom stereocenters. The van der Waals surface area contributed by atoms with Crippen LogP contribution in [-0.2, 0) is 4.79 Å². The highest BCUT2D eigenvalue weighted by Gasteiger charge is 2.29. The molecule has 4 rings (SSSR count). The SMILES string of the molecule is O=C(Nc1ccccc1)Nc1ccc(C(=O)Nc2cccc(NC(=O)C3CC3)c2)s1. The monoisotopic (exact) mass is 420 g/mol. The third-order valence-electron chi connectivity index (χ3n) is 4.43. The van der Waals surface area contributed by atoms with E-state index in [9.17, 15) is 14.4 Å². The summed E-state index contributed by atoms with van der Waals surface area (Å²) in [5.74, 6) is -0.164. The lowest BCUT2D eigenvalue weighted by atomic mass is 10.2. The number of hydrogen-bond acceptors (Lipinski definition) is 4. The molecule has 0 atom stereocenters. The lowest BCUT2D eigenvalue weighted by molar-refractivity contribution is -0.117. The van der Waals surface area contributed by atoms with Crippen LogP contribution in [0, 0.1) is 5.92 Å². The van der Waals surface area contributed by atoms with Crippen molar-refractivity contribution in [3.8, 4) is 0 Å². The van der Waals surface area contributed by atoms with Crippen molar-refractivity contribution >= 4 is 51.2 Å². The molecule has 1 aliphatic carbocycles. The van der Waals surface area contributed by atoms with Gasteiger partial charge in [-0.1, -0.05) is 24.3 Å². The highest BCUT2D eigenvalue weighted by atomic mass is 32.1. The van der Waals surface area contributed by atoms with Crippen molar-refractivity contribution < 1.29 is 14.4 Å². The summed E-state index contributed by atoms with van der Waals surface area (Å²) < 4.78 is 0. The Labute approximate surface area is 177 Å². The van der Waals surface area contributed by atoms with Gasteiger partial charge in [0.25, 0.3) is 5.91 Å². The highest BCUT2D eigenvalue weighted by Crippen LogP contribution is 2.30. The van der Waals surface area contributed by atoms with E-state index in [1.165, 1.54) is 11.3 Å². The lowest BCUT2D eigenvalue weighted by Gasteiger charge is -2.08. The first-order valence-corrected chi connectivity index (χ1v) is 10.3. The van der Waals surface area contributed by atoms with Gasteiger partial charge in [-0.05, 0) is 55.3 Å². The molecule has 0 radical (unpaired) electrons. The number of hydrogen-bond donors (Lipinski definition) is 4. The fourth-order valence-corrected chi connectivity index (χ4v) is 3.58. The third-order valence-corrected chi connectivity index (χ3v) is 5.43. The zero-order valence-corrected chi connectivity index (χ0v) is 16.8. The highest BCUT2D eigenvalue weighted by molar-refractivity contribution is 7.18. The molecule has 1 saturated carbocycles. The predicted octanol–water partition coefficient (Wildman–Crippen LogP) is 4.99. The second-order valence-electron chi connectivity index (χ2n) is 6.91. The standard InChI is InChI=1S/C22H20N4O3S/c27-20(14-9-10-14)23-16-7-4-8-17(13-16)24-21(28)18-11-12-19(30-18)26-22(29)25-15-5-2-1-3-6-15/h1-8,11-14H,9-10H2,(H,23,27)(H,24,28)(H2,25,26,29). The quantitative estimate of drug-likeness (QED) is 0.452. The summed E-state index contributed by atoms with van der Waals surface area (Å²) in [5, 5.41) is 11.7. The van der Waals surface area contributed by atoms with E-state index in [-0.39, 0.29) is 23.8 Å². The van der Waals surface area contributed by atoms with Crippen LogP contribution in [0.3, 0.4) is 0 Å². The number of nitrogens with one attached hydrogen (secondary N) is 4. The van der Waals surface area contributed by atoms with Gasteiger partial charge in [-0.2, -0.15) is 0 Å². The average Bonchev–Trinajstić information content (AvgIpc) is 3.48. The van der Waals surface area contributed by atoms with E-state index in [4.69, 9.17) is 0 Å². The van der Waals surface area contributed by atoms with E-state index in [2.05, 4.69) is 21.3 Å². The van der Waals surface area contributed by atoms with E-state index in [0.717, 1.165) is 12.8 Å². The molecule has 1 heterocycles. The van der Waals surface area contributed by atoms with E-state index in [0.29, 0.717) is 26.9 Å². The second kappa shape index (κ2) is 8.79. The van der Waals surface area contributed by atoms with Gasteiger partial charge in [-0.3, -0.25) is 14.9 Å². The molecule has 4 N–H and O–H groups in total. The molecule has 4 amide bonds. The number of anilines is 4. The third kappa shape index (κ3) is 5.24. The van der Waals surface area contributed by atoms with Crippen molar-refractivity contribution in [2.45, 2.75) is 12.8 Å². The van der Waals surface area contributed by atoms with E-state index >= 15 is 0 Å². The van der Waals surface area contributed by atoms with Crippen molar-refractivity contribution in [3.63, 3.8) is 0 Å². The van der Waals surface area contributed by atoms with Gasteiger partial charge in [0.2, 0.25) is 5.91 Å². The predicted molar refractivity (Wildman–Crippen MR) is 119 cm³/mol. The van der Waals surface area contributed by atoms with Crippen LogP contribution in [0.15, 0.2) is 66.7 Å². The smallest absolute Gasteiger partial charge is 0.324 e. The molecule has 1 aromatic heterocycles. The average molecular weight is 420 g/mol. The van der Waals surface area contributed by atoms with Crippen LogP contribution >= 0.6 is 11.3 Å². The fourth-order valence-electron chi connectivity index (χ4n) is 2.78. The minimum absolute atomic E-state index is 0.0150. The fraction of sp³-hybridized carbons (Fsp3) is 0.136. The number of para-hydroxylation sites is 1. The molecule has 0 spiro atoms. The molecule has 7 nitrogen and oxygen atoms in total. The van der Waals surface area contributed by atoms with Crippen molar-refractivity contribution in [1.82, 2.24) is 0 Å². The number of carbonyl (C=O) groups is 3. The molecule has 1 aliphatic rings. The van der Waals surface area contributed by atoms with Gasteiger partial charge in [0.1, 0.15) is 0 Å². The minimum atomic E-state index is -0.380. The normalized spacial score (nSPS) is 12.7. The van der Waals surface area contributed by atoms with Gasteiger partial charge in [0, 0.05) is 23.0 Å². The molecule has 0 saturated heterocycles. The van der Waals surface area contributed by atoms with Gasteiger partial charge in [-0.15, -0.1) is 11.3 Å². The Balaban J connectivity index is 1.33. The van der Waals surface area contributed by atoms with E-state index < -0.39 is 0 Å². The molecule has 152 valence electrons. The zero-order valence-electron chi connectivity index (χ0n) is 16.0. The Kier molecular flexibility index (Phi) is 5.76. The number of rotatable bonds is 6. The van der Waals surface area contributed by atoms with E-state index in [1.807, 2.05) is 18.2 Å². The van der Waals surface area contributed by atoms with Gasteiger partial charge < -0.3 is 16.0 Å². The molecule has 0 bridgehead atoms. The van der Waals surface area contributed by atoms with Crippen molar-refractivity contribution in [2.75, 3.05) is 21.3 Å². The summed E-state index contributed by atoms with van der Waals surface area (Å²) in [6, 6.07) is 19.1. The summed E-state index contributed by atoms with van der Waals surface area (Å²) in [6.45, 7) is 0. The molecule has 8 heteroatoms. The van der Waals surface area contributed by atoms with Gasteiger partial charge in [0.05, 0.1) is 9.88 Å². The number of amides is 4. The van der Waals surface area contributed by atoms with Crippen molar-refractivity contribution in [3.05, 3.63) is 71.6 Å². The summed E-state index contributed by atoms with van der Waals surface area (Å²) in [5.41, 5.74) is 1.91. The van der Waals surface area contributed by atoms with Crippen LogP contribution in [0.5, 0.6) is 0 Å². The number of carbonyl (C=O) groups excluding carboxylic acids is 3. The Hall–Kier alpha value is -3.65. The Bertz CT molecular complexity index is 1080. The largest absolute Gasteiger partial charge is 0.326 e. The molecule has 1 fully saturated rings. The maximum absolute atomic E-state index is 12.5. The Morgan fingerprint density at radius 2 is 1.43 bits per heavy atom. The first-order chi connectivity index (χ1) is 14.6. The van der Waals surface area contributed by atoms with Gasteiger partial charge >= 0.3 is 6.03 Å². The zero-order chi connectivity index (χ0) is 20.9. The Morgan fingerprint density at radius 3 is 2.17 bits per heavy atom. The number of thiophene rings is 1. The second-order valence-corrected chi connectivity index (χ2v) is 7.99. The number of urea groups is 1. The maximum atomic E-state index is 12.5. The van der Waals surface area contributed by atoms with Crippen LogP contribution in [-0.4, -0.2) is 17.8 Å². The topological polar surface area (TPSA) is 99.3 Å². The maximum Gasteiger partial charge on any atom is 0.324 e. The number of benzene rings is 2. The Morgan fingerprint density at radius 1 is 0.733 bits per heavy atom. The minimum Gasteiger partial charge on any atom is -0.326 e. The summed E-state index contributed by atoms with van der Waals surface area (Å²) in [7, 11) is 0. The summed E-state index contributed by atoms with van der Waals surface area (Å²) in [6.07, 6.45) is 1.86. The van der Waals surface area contributed by atoms with Crippen LogP contribution < -0.4 is 21.3 Å². The summed E-state index contributed by atoms with van der Waals surface area (Å²) in [4.78, 5) is 37.0. The van der Waals surface area contributed by atoms with Gasteiger partial charge in [-0.25, -0.2) is 4.79 Å².